The van der Waals surface area contributed by atoms with Gasteiger partial charge in [-0.1, -0.05) is 47.6 Å². The number of thioether (sulfide) groups is 1. The molecule has 0 bridgehead atoms. The summed E-state index contributed by atoms with van der Waals surface area (Å²) in [5.41, 5.74) is 0.967. The molecule has 9 heteroatoms. The molecule has 0 radical (unpaired) electrons. The van der Waals surface area contributed by atoms with Gasteiger partial charge in [-0.2, -0.15) is 0 Å². The summed E-state index contributed by atoms with van der Waals surface area (Å²) in [4.78, 5) is 12.3. The number of halogens is 2. The number of hydrogen-bond acceptors (Lipinski definition) is 5. The molecular formula is C22H24ClFN4O2S. The number of nitrogens with one attached hydrogen (secondary N) is 1. The molecule has 0 aliphatic carbocycles. The number of carbonyl (C=O) groups excluding carboxylic acids is 1. The molecule has 3 aromatic rings. The Bertz CT molecular complexity index is 1030. The molecule has 3 rings (SSSR count). The molecule has 1 aromatic heterocycles. The van der Waals surface area contributed by atoms with Crippen molar-refractivity contribution in [3.8, 4) is 5.75 Å². The molecule has 1 amide bonds. The van der Waals surface area contributed by atoms with Gasteiger partial charge in [-0.3, -0.25) is 4.79 Å². The van der Waals surface area contributed by atoms with E-state index in [2.05, 4.69) is 15.5 Å². The van der Waals surface area contributed by atoms with Gasteiger partial charge in [0.2, 0.25) is 5.91 Å². The van der Waals surface area contributed by atoms with Crippen LogP contribution in [0, 0.1) is 5.82 Å². The third-order valence-corrected chi connectivity index (χ3v) is 5.64. The van der Waals surface area contributed by atoms with E-state index in [1.165, 1.54) is 17.8 Å². The first kappa shape index (κ1) is 23.1. The fourth-order valence-corrected chi connectivity index (χ4v) is 3.95. The number of benzene rings is 2. The number of rotatable bonds is 9. The van der Waals surface area contributed by atoms with Crippen LogP contribution in [-0.4, -0.2) is 26.4 Å². The van der Waals surface area contributed by atoms with Crippen molar-refractivity contribution in [3.63, 3.8) is 0 Å². The average molecular weight is 463 g/mol. The molecule has 0 aliphatic rings. The highest BCUT2D eigenvalue weighted by Gasteiger charge is 2.22. The number of hydrogen-bond donors (Lipinski definition) is 1. The van der Waals surface area contributed by atoms with Gasteiger partial charge in [0.25, 0.3) is 0 Å². The predicted octanol–water partition coefficient (Wildman–Crippen LogP) is 5.20. The monoisotopic (exact) mass is 462 g/mol. The fourth-order valence-electron chi connectivity index (χ4n) is 2.92. The molecule has 0 aliphatic heterocycles. The Balaban J connectivity index is 1.62. The van der Waals surface area contributed by atoms with Crippen LogP contribution in [0.2, 0.25) is 5.02 Å². The van der Waals surface area contributed by atoms with Crippen LogP contribution in [-0.2, 0) is 11.3 Å². The summed E-state index contributed by atoms with van der Waals surface area (Å²) in [6, 6.07) is 13.6. The molecule has 0 fully saturated rings. The van der Waals surface area contributed by atoms with E-state index < -0.39 is 11.9 Å². The third kappa shape index (κ3) is 6.21. The van der Waals surface area contributed by atoms with Crippen LogP contribution in [0.15, 0.2) is 53.7 Å². The van der Waals surface area contributed by atoms with Crippen molar-refractivity contribution < 1.29 is 13.9 Å². The van der Waals surface area contributed by atoms with Gasteiger partial charge in [0.05, 0.1) is 5.75 Å². The van der Waals surface area contributed by atoms with Crippen molar-refractivity contribution in [2.45, 2.75) is 44.6 Å². The van der Waals surface area contributed by atoms with Crippen LogP contribution in [0.25, 0.3) is 0 Å². The van der Waals surface area contributed by atoms with Gasteiger partial charge >= 0.3 is 0 Å². The van der Waals surface area contributed by atoms with Crippen LogP contribution >= 0.6 is 23.4 Å². The van der Waals surface area contributed by atoms with E-state index in [-0.39, 0.29) is 23.5 Å². The Morgan fingerprint density at radius 2 is 1.87 bits per heavy atom. The van der Waals surface area contributed by atoms with E-state index >= 15 is 0 Å². The van der Waals surface area contributed by atoms with Gasteiger partial charge in [0.1, 0.15) is 0 Å². The van der Waals surface area contributed by atoms with Gasteiger partial charge in [0, 0.05) is 17.6 Å². The number of ether oxygens (including phenoxy) is 1. The van der Waals surface area contributed by atoms with Crippen LogP contribution in [0.5, 0.6) is 5.75 Å². The van der Waals surface area contributed by atoms with E-state index in [4.69, 9.17) is 16.3 Å². The molecule has 0 saturated heterocycles. The van der Waals surface area contributed by atoms with Crippen LogP contribution in [0.4, 0.5) is 4.39 Å². The summed E-state index contributed by atoms with van der Waals surface area (Å²) in [6.07, 6.45) is -0.514. The zero-order valence-corrected chi connectivity index (χ0v) is 19.1. The van der Waals surface area contributed by atoms with Gasteiger partial charge in [0.15, 0.2) is 28.7 Å². The van der Waals surface area contributed by atoms with Gasteiger partial charge in [-0.25, -0.2) is 4.39 Å². The zero-order chi connectivity index (χ0) is 22.4. The average Bonchev–Trinajstić information content (AvgIpc) is 3.18. The summed E-state index contributed by atoms with van der Waals surface area (Å²) in [6.45, 7) is 6.20. The minimum absolute atomic E-state index is 0.0382. The lowest BCUT2D eigenvalue weighted by atomic mass is 10.2. The molecule has 6 nitrogen and oxygen atoms in total. The molecular weight excluding hydrogens is 439 g/mol. The summed E-state index contributed by atoms with van der Waals surface area (Å²) < 4.78 is 21.6. The quantitative estimate of drug-likeness (QED) is 0.442. The van der Waals surface area contributed by atoms with Crippen molar-refractivity contribution in [2.24, 2.45) is 0 Å². The highest BCUT2D eigenvalue weighted by molar-refractivity contribution is 7.99. The number of nitrogens with zero attached hydrogens (tertiary/aromatic N) is 3. The minimum atomic E-state index is -0.514. The first-order valence-electron chi connectivity index (χ1n) is 9.85. The van der Waals surface area contributed by atoms with Crippen molar-refractivity contribution >= 4 is 29.3 Å². The van der Waals surface area contributed by atoms with Crippen molar-refractivity contribution in [1.29, 1.82) is 0 Å². The summed E-state index contributed by atoms with van der Waals surface area (Å²) in [5, 5.41) is 12.6. The Morgan fingerprint density at radius 3 is 2.55 bits per heavy atom. The minimum Gasteiger partial charge on any atom is -0.480 e. The number of para-hydroxylation sites is 1. The van der Waals surface area contributed by atoms with Crippen LogP contribution in [0.3, 0.4) is 0 Å². The number of aromatic nitrogens is 3. The second-order valence-corrected chi connectivity index (χ2v) is 8.57. The second kappa shape index (κ2) is 10.6. The molecule has 1 heterocycles. The molecule has 0 saturated carbocycles. The van der Waals surface area contributed by atoms with E-state index in [1.807, 2.05) is 30.5 Å². The first-order valence-corrected chi connectivity index (χ1v) is 11.2. The van der Waals surface area contributed by atoms with Gasteiger partial charge in [-0.05, 0) is 50.6 Å². The maximum Gasteiger partial charge on any atom is 0.230 e. The lowest BCUT2D eigenvalue weighted by molar-refractivity contribution is -0.118. The molecule has 2 aromatic carbocycles. The molecule has 1 unspecified atom stereocenters. The van der Waals surface area contributed by atoms with Crippen molar-refractivity contribution in [2.75, 3.05) is 5.75 Å². The Labute approximate surface area is 190 Å². The van der Waals surface area contributed by atoms with Crippen LogP contribution in [0.1, 0.15) is 44.3 Å². The number of amides is 1. The maximum absolute atomic E-state index is 13.9. The Morgan fingerprint density at radius 1 is 1.16 bits per heavy atom. The maximum atomic E-state index is 13.9. The summed E-state index contributed by atoms with van der Waals surface area (Å²) in [7, 11) is 0. The van der Waals surface area contributed by atoms with Crippen molar-refractivity contribution in [3.05, 3.63) is 70.8 Å². The Hall–Kier alpha value is -2.58. The molecule has 164 valence electrons. The Kier molecular flexibility index (Phi) is 7.92. The highest BCUT2D eigenvalue weighted by atomic mass is 35.5. The molecule has 1 atom stereocenters. The third-order valence-electron chi connectivity index (χ3n) is 4.45. The summed E-state index contributed by atoms with van der Waals surface area (Å²) in [5.74, 6) is 0.375. The van der Waals surface area contributed by atoms with Crippen molar-refractivity contribution in [1.82, 2.24) is 20.1 Å². The van der Waals surface area contributed by atoms with E-state index in [0.29, 0.717) is 22.5 Å². The predicted molar refractivity (Wildman–Crippen MR) is 120 cm³/mol. The lowest BCUT2D eigenvalue weighted by Crippen LogP contribution is -2.24. The van der Waals surface area contributed by atoms with Crippen LogP contribution < -0.4 is 10.1 Å². The van der Waals surface area contributed by atoms with Gasteiger partial charge in [-0.15, -0.1) is 10.2 Å². The SMILES string of the molecule is CC(Oc1ccccc1F)c1nnc(SCC(=O)NCc2ccc(Cl)cc2)n1C(C)C. The molecule has 0 spiro atoms. The smallest absolute Gasteiger partial charge is 0.230 e. The highest BCUT2D eigenvalue weighted by Crippen LogP contribution is 2.28. The molecule has 31 heavy (non-hydrogen) atoms. The normalized spacial score (nSPS) is 12.1. The number of carbonyl (C=O) groups is 1. The summed E-state index contributed by atoms with van der Waals surface area (Å²) >= 11 is 7.17. The first-order chi connectivity index (χ1) is 14.8. The van der Waals surface area contributed by atoms with E-state index in [0.717, 1.165) is 5.56 Å². The van der Waals surface area contributed by atoms with E-state index in [1.54, 1.807) is 37.3 Å². The molecule has 1 N–H and O–H groups in total. The second-order valence-electron chi connectivity index (χ2n) is 7.19. The largest absolute Gasteiger partial charge is 0.480 e. The zero-order valence-electron chi connectivity index (χ0n) is 17.5. The topological polar surface area (TPSA) is 69.0 Å². The fraction of sp³-hybridized carbons (Fsp3) is 0.318. The van der Waals surface area contributed by atoms with E-state index in [9.17, 15) is 9.18 Å². The lowest BCUT2D eigenvalue weighted by Gasteiger charge is -2.19. The van der Waals surface area contributed by atoms with Gasteiger partial charge < -0.3 is 14.6 Å². The standard InChI is InChI=1S/C22H24ClFN4O2S/c1-14(2)28-21(15(3)30-19-7-5-4-6-18(19)24)26-27-22(28)31-13-20(29)25-12-16-8-10-17(23)11-9-16/h4-11,14-15H,12-13H2,1-3H3,(H,25,29).